The van der Waals surface area contributed by atoms with Gasteiger partial charge >= 0.3 is 5.97 Å². The van der Waals surface area contributed by atoms with E-state index in [1.165, 1.54) is 18.9 Å². The summed E-state index contributed by atoms with van der Waals surface area (Å²) in [6, 6.07) is 34.3. The first-order valence-electron chi connectivity index (χ1n) is 34.0. The van der Waals surface area contributed by atoms with Gasteiger partial charge in [0.1, 0.15) is 35.8 Å². The monoisotopic (exact) mass is 1400 g/mol. The zero-order chi connectivity index (χ0) is 72.7. The number of ether oxygens (including phenoxy) is 4. The van der Waals surface area contributed by atoms with Crippen molar-refractivity contribution >= 4 is 51.5 Å². The van der Waals surface area contributed by atoms with Crippen LogP contribution in [0.2, 0.25) is 36.3 Å². The Balaban J connectivity index is 0.000000180. The average molecular weight is 1400 g/mol. The second-order valence-corrected chi connectivity index (χ2v) is 38.7. The molecule has 6 aliphatic rings. The second-order valence-electron chi connectivity index (χ2n) is 29.3. The van der Waals surface area contributed by atoms with Crippen molar-refractivity contribution in [1.82, 2.24) is 30.1 Å². The highest BCUT2D eigenvalue weighted by atomic mass is 28.4. The second kappa shape index (κ2) is 31.1. The molecule has 7 atom stereocenters. The van der Waals surface area contributed by atoms with Gasteiger partial charge in [-0.05, 0) is 173 Å². The Hall–Kier alpha value is -8.62. The Morgan fingerprint density at radius 3 is 1.61 bits per heavy atom. The minimum Gasteiger partial charge on any atom is -0.507 e. The molecule has 7 aromatic rings. The highest BCUT2D eigenvalue weighted by Gasteiger charge is 2.69. The van der Waals surface area contributed by atoms with Crippen LogP contribution >= 0.6 is 0 Å². The Kier molecular flexibility index (Phi) is 23.5. The molecule has 13 rings (SSSR count). The molecule has 20 nitrogen and oxygen atoms in total. The first-order valence-corrected chi connectivity index (χ1v) is 39.8. The fraction of sp³-hybridized carbons (Fsp3) is 0.423. The third-order valence-corrected chi connectivity index (χ3v) is 29.1. The van der Waals surface area contributed by atoms with Gasteiger partial charge < -0.3 is 42.0 Å². The summed E-state index contributed by atoms with van der Waals surface area (Å²) in [7, 11) is 2.33. The number of carbonyl (C=O) groups excluding carboxylic acids is 5. The van der Waals surface area contributed by atoms with E-state index in [0.29, 0.717) is 53.4 Å². The number of rotatable bonds is 14. The third-order valence-electron chi connectivity index (χ3n) is 20.2. The number of ketones is 4. The van der Waals surface area contributed by atoms with E-state index in [4.69, 9.17) is 36.8 Å². The summed E-state index contributed by atoms with van der Waals surface area (Å²) in [5.74, 6) is -2.08. The minimum absolute atomic E-state index is 0.0404. The van der Waals surface area contributed by atoms with E-state index >= 15 is 9.59 Å². The van der Waals surface area contributed by atoms with Crippen LogP contribution in [0.4, 0.5) is 0 Å². The Bertz CT molecular complexity index is 4110. The van der Waals surface area contributed by atoms with Crippen molar-refractivity contribution < 1.29 is 65.9 Å². The van der Waals surface area contributed by atoms with Crippen LogP contribution in [0.25, 0.3) is 5.76 Å². The van der Waals surface area contributed by atoms with Crippen molar-refractivity contribution in [3.63, 3.8) is 0 Å². The fourth-order valence-electron chi connectivity index (χ4n) is 13.2. The maximum Gasteiger partial charge on any atom is 0.345 e. The molecule has 0 unspecified atom stereocenters. The molecule has 1 saturated heterocycles. The molecule has 5 aliphatic carbocycles. The number of benzene rings is 3. The number of carbonyl (C=O) groups is 5. The molecule has 0 amide bonds. The fourth-order valence-corrected chi connectivity index (χ4v) is 16.1. The number of hydrogen-bond acceptors (Lipinski definition) is 20. The standard InChI is InChI=1S/C33H39N3O6Si.C26H34N2O5Si.C13H11NO2.C4H8O.C2H4/c1-32(2,3)43(6,7)42-33-22(16-20-17-23-21(14-11-15-34-23)27(37)24(20)29(33)38)26(36(4)5)28-25(30(33)39)31(35-41-28)40-18-19-12-9-8-10-13-19;1-25(2,3)34(6,7)33-26-18(14-11-15-19(26)29)21(28(4)5)22-20(23(26)30)24(27-32-22)31-16-17-12-9-8-10-13-17;1-10-12(8-5-9-14-10)13(15)16-11-6-3-2-4-7-11;1-2-4-5-3-1;1-2/h8-15,20,22,26,37H,16-18H2,1-7H3;8-13,15,18,21H,14,16H2,1-7H3;2-9H,1H3;1-4H2;1-2H2/t20-,22+,26+,33+;18-,21-,26-;;;/m10.../s1. The van der Waals surface area contributed by atoms with Gasteiger partial charge in [0.15, 0.2) is 45.1 Å². The van der Waals surface area contributed by atoms with Gasteiger partial charge in [0.05, 0.1) is 29.0 Å². The topological polar surface area (TPSA) is 245 Å². The predicted molar refractivity (Wildman–Crippen MR) is 386 cm³/mol. The van der Waals surface area contributed by atoms with Crippen LogP contribution in [-0.4, -0.2) is 134 Å². The van der Waals surface area contributed by atoms with E-state index < -0.39 is 63.1 Å². The van der Waals surface area contributed by atoms with E-state index in [0.717, 1.165) is 30.0 Å². The molecular weight excluding hydrogens is 1300 g/mol. The summed E-state index contributed by atoms with van der Waals surface area (Å²) < 4.78 is 47.7. The van der Waals surface area contributed by atoms with Crippen LogP contribution in [0.15, 0.2) is 168 Å². The Morgan fingerprint density at radius 1 is 0.640 bits per heavy atom. The summed E-state index contributed by atoms with van der Waals surface area (Å²) >= 11 is 0. The number of para-hydroxylation sites is 1. The van der Waals surface area contributed by atoms with E-state index in [-0.39, 0.29) is 81.2 Å². The molecule has 3 aromatic carbocycles. The number of esters is 1. The third kappa shape index (κ3) is 15.2. The zero-order valence-corrected chi connectivity index (χ0v) is 62.4. The van der Waals surface area contributed by atoms with Crippen molar-refractivity contribution in [3.05, 3.63) is 215 Å². The summed E-state index contributed by atoms with van der Waals surface area (Å²) in [4.78, 5) is 82.3. The van der Waals surface area contributed by atoms with E-state index in [9.17, 15) is 19.5 Å². The number of hydrogen-bond donors (Lipinski definition) is 1. The van der Waals surface area contributed by atoms with Gasteiger partial charge in [-0.1, -0.05) is 126 Å². The number of aryl methyl sites for hydroxylation is 1. The molecule has 1 aliphatic heterocycles. The van der Waals surface area contributed by atoms with E-state index in [1.54, 1.807) is 55.7 Å². The lowest BCUT2D eigenvalue weighted by molar-refractivity contribution is -0.140. The van der Waals surface area contributed by atoms with Crippen LogP contribution in [-0.2, 0) is 42.8 Å². The lowest BCUT2D eigenvalue weighted by atomic mass is 9.57. The van der Waals surface area contributed by atoms with Crippen LogP contribution in [0.5, 0.6) is 17.5 Å². The number of Topliss-reactive ketones (excluding diaryl/α,β-unsaturated/α-hetero) is 3. The van der Waals surface area contributed by atoms with Crippen LogP contribution in [0.1, 0.15) is 150 Å². The number of pyridine rings is 2. The van der Waals surface area contributed by atoms with Crippen LogP contribution < -0.4 is 14.2 Å². The van der Waals surface area contributed by atoms with Gasteiger partial charge in [-0.25, -0.2) is 4.79 Å². The van der Waals surface area contributed by atoms with Gasteiger partial charge in [-0.2, -0.15) is 0 Å². The van der Waals surface area contributed by atoms with Gasteiger partial charge in [0, 0.05) is 48.6 Å². The molecule has 22 heteroatoms. The van der Waals surface area contributed by atoms with Gasteiger partial charge in [0.25, 0.3) is 11.8 Å². The zero-order valence-electron chi connectivity index (χ0n) is 60.4. The summed E-state index contributed by atoms with van der Waals surface area (Å²) in [6.07, 6.45) is 10.7. The number of aliphatic hydroxyl groups is 1. The summed E-state index contributed by atoms with van der Waals surface area (Å²) in [5, 5.41) is 19.4. The van der Waals surface area contributed by atoms with Gasteiger partial charge in [-0.3, -0.25) is 38.9 Å². The van der Waals surface area contributed by atoms with Crippen molar-refractivity contribution in [2.45, 2.75) is 153 Å². The minimum atomic E-state index is -2.77. The maximum atomic E-state index is 15.1. The number of aromatic nitrogens is 4. The SMILES string of the molecule is C1CCOC1.C=C.CN(C)[C@@H]1c2onc(OCc3ccccc3)c2C(=O)[C@@]2(O[Si](C)(C)C(C)(C)C)C(=O)C3=C(O)c4cccnc4C[C@H]3C[C@@H]12.CN(C)[C@@H]1c2onc(OCc3ccccc3)c2C(=O)[C@@]2(O[Si](C)(C)C(C)(C)C)C(=O)C=CC[C@@H]12.Cc1ncccc1C(=O)Oc1ccccc1. The highest BCUT2D eigenvalue weighted by molar-refractivity contribution is 6.75. The van der Waals surface area contributed by atoms with Crippen LogP contribution in [0.3, 0.4) is 0 Å². The quantitative estimate of drug-likeness (QED) is 0.0349. The Morgan fingerprint density at radius 2 is 1.12 bits per heavy atom. The lowest BCUT2D eigenvalue weighted by Gasteiger charge is -2.55. The Labute approximate surface area is 589 Å². The van der Waals surface area contributed by atoms with Crippen molar-refractivity contribution in [2.75, 3.05) is 41.4 Å². The van der Waals surface area contributed by atoms with E-state index in [2.05, 4.69) is 88.1 Å². The van der Waals surface area contributed by atoms with E-state index in [1.807, 2.05) is 136 Å². The number of aliphatic hydroxyl groups excluding tert-OH is 1. The molecule has 0 radical (unpaired) electrons. The van der Waals surface area contributed by atoms with Gasteiger partial charge in [-0.15, -0.1) is 13.2 Å². The molecule has 5 heterocycles. The number of allylic oxidation sites excluding steroid dienone is 1. The normalized spacial score (nSPS) is 22.1. The lowest BCUT2D eigenvalue weighted by Crippen LogP contribution is -2.68. The smallest absolute Gasteiger partial charge is 0.345 e. The number of fused-ring (bicyclic) bond motifs is 6. The first-order chi connectivity index (χ1) is 47.4. The molecule has 4 aromatic heterocycles. The molecule has 0 bridgehead atoms. The first kappa shape index (κ1) is 75.6. The van der Waals surface area contributed by atoms with Crippen molar-refractivity contribution in [1.29, 1.82) is 0 Å². The molecule has 2 fully saturated rings. The average Bonchev–Trinajstić information content (AvgIpc) is 1.13. The predicted octanol–water partition coefficient (Wildman–Crippen LogP) is 15.1. The highest BCUT2D eigenvalue weighted by Crippen LogP contribution is 2.59. The maximum absolute atomic E-state index is 15.1. The molecule has 1 N–H and O–H groups in total. The molecule has 100 heavy (non-hydrogen) atoms. The molecule has 1 saturated carbocycles. The molecule has 530 valence electrons. The molecular formula is C78H96N6O14Si2. The van der Waals surface area contributed by atoms with Crippen LogP contribution in [0, 0.1) is 24.7 Å². The summed E-state index contributed by atoms with van der Waals surface area (Å²) in [6.45, 7) is 30.9. The summed E-state index contributed by atoms with van der Waals surface area (Å²) in [5.41, 5.74) is 1.33. The molecule has 0 spiro atoms. The van der Waals surface area contributed by atoms with Gasteiger partial charge in [0.2, 0.25) is 17.3 Å². The van der Waals surface area contributed by atoms with Crippen molar-refractivity contribution in [3.8, 4) is 17.5 Å². The van der Waals surface area contributed by atoms with Crippen molar-refractivity contribution in [2.24, 2.45) is 17.8 Å². The largest absolute Gasteiger partial charge is 0.507 e. The number of nitrogens with zero attached hydrogens (tertiary/aromatic N) is 6.